The molecule has 3 aromatic rings. The highest BCUT2D eigenvalue weighted by atomic mass is 32.2. The van der Waals surface area contributed by atoms with Crippen molar-refractivity contribution in [2.24, 2.45) is 5.92 Å². The van der Waals surface area contributed by atoms with Crippen LogP contribution in [0.3, 0.4) is 0 Å². The first-order valence-electron chi connectivity index (χ1n) is 10.9. The van der Waals surface area contributed by atoms with Crippen LogP contribution in [0.1, 0.15) is 45.7 Å². The van der Waals surface area contributed by atoms with Crippen molar-refractivity contribution in [3.8, 4) is 16.9 Å². The number of benzene rings is 2. The smallest absolute Gasteiger partial charge is 0.265 e. The van der Waals surface area contributed by atoms with Crippen molar-refractivity contribution in [2.45, 2.75) is 44.3 Å². The molecule has 2 heterocycles. The van der Waals surface area contributed by atoms with Crippen molar-refractivity contribution >= 4 is 27.3 Å². The maximum Gasteiger partial charge on any atom is 0.265 e. The number of aryl methyl sites for hydroxylation is 1. The van der Waals surface area contributed by atoms with Gasteiger partial charge in [-0.05, 0) is 61.9 Å². The molecule has 0 unspecified atom stereocenters. The van der Waals surface area contributed by atoms with E-state index in [9.17, 15) is 13.2 Å². The van der Waals surface area contributed by atoms with Gasteiger partial charge in [0.25, 0.3) is 5.91 Å². The molecule has 33 heavy (non-hydrogen) atoms. The van der Waals surface area contributed by atoms with Gasteiger partial charge in [0.05, 0.1) is 11.4 Å². The number of sulfonamides is 1. The van der Waals surface area contributed by atoms with Gasteiger partial charge < -0.3 is 4.74 Å². The van der Waals surface area contributed by atoms with Crippen molar-refractivity contribution in [1.82, 2.24) is 14.9 Å². The molecule has 1 aromatic heterocycles. The molecule has 1 aliphatic carbocycles. The Bertz CT molecular complexity index is 1330. The molecule has 5 rings (SSSR count). The molecule has 0 bridgehead atoms. The number of hydrogen-bond donors (Lipinski definition) is 1. The van der Waals surface area contributed by atoms with E-state index < -0.39 is 20.7 Å². The molecule has 1 atom stereocenters. The first-order chi connectivity index (χ1) is 15.7. The Morgan fingerprint density at radius 3 is 2.73 bits per heavy atom. The Morgan fingerprint density at radius 1 is 1.21 bits per heavy atom. The van der Waals surface area contributed by atoms with Crippen LogP contribution < -0.4 is 9.46 Å². The molecule has 9 heteroatoms. The molecular formula is C24H25N3O4S2. The standard InChI is InChI=1S/C24H25N3O4S2/c1-15-25-26-22(32-15)12-16-11-18-8-7-17(13-21(18)31-14-16)19-5-3-4-6-20(19)23(28)27-33(29,30)24(2)9-10-24/h3-8,13,16H,9-12,14H2,1-2H3,(H,27,28)/t16-/m0/s1. The number of carbonyl (C=O) groups excluding carboxylic acids is 1. The summed E-state index contributed by atoms with van der Waals surface area (Å²) >= 11 is 1.62. The number of carbonyl (C=O) groups is 1. The summed E-state index contributed by atoms with van der Waals surface area (Å²) in [5.41, 5.74) is 2.92. The maximum absolute atomic E-state index is 12.9. The fourth-order valence-corrected chi connectivity index (χ4v) is 6.14. The second kappa shape index (κ2) is 8.22. The van der Waals surface area contributed by atoms with Crippen molar-refractivity contribution < 1.29 is 17.9 Å². The Hall–Kier alpha value is -2.78. The van der Waals surface area contributed by atoms with Crippen molar-refractivity contribution in [2.75, 3.05) is 6.61 Å². The summed E-state index contributed by atoms with van der Waals surface area (Å²) in [5.74, 6) is 0.526. The number of fused-ring (bicyclic) bond motifs is 1. The highest BCUT2D eigenvalue weighted by Crippen LogP contribution is 2.42. The van der Waals surface area contributed by atoms with Crippen LogP contribution in [0.4, 0.5) is 0 Å². The monoisotopic (exact) mass is 483 g/mol. The van der Waals surface area contributed by atoms with Gasteiger partial charge in [0, 0.05) is 17.9 Å². The van der Waals surface area contributed by atoms with Gasteiger partial charge in [-0.2, -0.15) is 0 Å². The number of hydrogen-bond acceptors (Lipinski definition) is 7. The summed E-state index contributed by atoms with van der Waals surface area (Å²) in [6, 6.07) is 13.0. The third-order valence-electron chi connectivity index (χ3n) is 6.39. The average molecular weight is 484 g/mol. The molecule has 1 N–H and O–H groups in total. The summed E-state index contributed by atoms with van der Waals surface area (Å²) in [5, 5.41) is 10.3. The van der Waals surface area contributed by atoms with Gasteiger partial charge in [-0.15, -0.1) is 21.5 Å². The lowest BCUT2D eigenvalue weighted by molar-refractivity contribution is 0.0981. The molecule has 2 aliphatic rings. The molecule has 0 spiro atoms. The molecule has 0 saturated heterocycles. The van der Waals surface area contributed by atoms with Crippen LogP contribution in [0.5, 0.6) is 5.75 Å². The highest BCUT2D eigenvalue weighted by molar-refractivity contribution is 7.91. The van der Waals surface area contributed by atoms with E-state index in [4.69, 9.17) is 4.74 Å². The van der Waals surface area contributed by atoms with Crippen LogP contribution >= 0.6 is 11.3 Å². The topological polar surface area (TPSA) is 98.2 Å². The number of nitrogens with one attached hydrogen (secondary N) is 1. The largest absolute Gasteiger partial charge is 0.493 e. The van der Waals surface area contributed by atoms with Crippen LogP contribution in [-0.4, -0.2) is 35.9 Å². The fraction of sp³-hybridized carbons (Fsp3) is 0.375. The van der Waals surface area contributed by atoms with Gasteiger partial charge >= 0.3 is 0 Å². The second-order valence-corrected chi connectivity index (χ2v) is 12.5. The third-order valence-corrected chi connectivity index (χ3v) is 9.42. The van der Waals surface area contributed by atoms with Gasteiger partial charge in [0.1, 0.15) is 15.8 Å². The Balaban J connectivity index is 1.36. The summed E-state index contributed by atoms with van der Waals surface area (Å²) in [7, 11) is -3.71. The predicted molar refractivity (Wildman–Crippen MR) is 127 cm³/mol. The average Bonchev–Trinajstić information content (AvgIpc) is 3.44. The Labute approximate surface area is 197 Å². The summed E-state index contributed by atoms with van der Waals surface area (Å²) in [4.78, 5) is 12.9. The molecule has 1 fully saturated rings. The molecule has 1 aliphatic heterocycles. The van der Waals surface area contributed by atoms with Crippen LogP contribution in [0.25, 0.3) is 11.1 Å². The van der Waals surface area contributed by atoms with Crippen LogP contribution in [0, 0.1) is 12.8 Å². The third kappa shape index (κ3) is 4.39. The van der Waals surface area contributed by atoms with E-state index in [0.717, 1.165) is 39.7 Å². The summed E-state index contributed by atoms with van der Waals surface area (Å²) in [6.07, 6.45) is 2.86. The number of aromatic nitrogens is 2. The van der Waals surface area contributed by atoms with Gasteiger partial charge in [-0.3, -0.25) is 4.79 Å². The van der Waals surface area contributed by atoms with Gasteiger partial charge in [0.15, 0.2) is 0 Å². The minimum Gasteiger partial charge on any atom is -0.493 e. The zero-order chi connectivity index (χ0) is 23.2. The lowest BCUT2D eigenvalue weighted by atomic mass is 9.91. The number of nitrogens with zero attached hydrogens (tertiary/aromatic N) is 2. The fourth-order valence-electron chi connectivity index (χ4n) is 4.08. The predicted octanol–water partition coefficient (Wildman–Crippen LogP) is 3.92. The highest BCUT2D eigenvalue weighted by Gasteiger charge is 2.51. The number of amides is 1. The lowest BCUT2D eigenvalue weighted by Crippen LogP contribution is -2.38. The zero-order valence-corrected chi connectivity index (χ0v) is 20.1. The molecule has 7 nitrogen and oxygen atoms in total. The minimum absolute atomic E-state index is 0.325. The van der Waals surface area contributed by atoms with E-state index in [1.807, 2.05) is 37.3 Å². The number of rotatable bonds is 6. The van der Waals surface area contributed by atoms with E-state index in [1.165, 1.54) is 0 Å². The lowest BCUT2D eigenvalue weighted by Gasteiger charge is -2.25. The second-order valence-electron chi connectivity index (χ2n) is 9.05. The molecule has 0 radical (unpaired) electrons. The molecule has 1 saturated carbocycles. The molecule has 172 valence electrons. The SMILES string of the molecule is Cc1nnc(C[C@H]2COc3cc(-c4ccccc4C(=O)NS(=O)(=O)C4(C)CC4)ccc3C2)s1. The molecular weight excluding hydrogens is 458 g/mol. The van der Waals surface area contributed by atoms with Gasteiger partial charge in [-0.25, -0.2) is 13.1 Å². The van der Waals surface area contributed by atoms with E-state index in [0.29, 0.717) is 36.5 Å². The molecule has 1 amide bonds. The van der Waals surface area contributed by atoms with E-state index in [2.05, 4.69) is 14.9 Å². The van der Waals surface area contributed by atoms with Crippen molar-refractivity contribution in [1.29, 1.82) is 0 Å². The summed E-state index contributed by atoms with van der Waals surface area (Å²) < 4.78 is 32.6. The quantitative estimate of drug-likeness (QED) is 0.571. The van der Waals surface area contributed by atoms with Gasteiger partial charge in [0.2, 0.25) is 10.0 Å². The number of ether oxygens (including phenoxy) is 1. The van der Waals surface area contributed by atoms with Crippen molar-refractivity contribution in [3.05, 3.63) is 63.6 Å². The summed E-state index contributed by atoms with van der Waals surface area (Å²) in [6.45, 7) is 4.21. The van der Waals surface area contributed by atoms with E-state index in [-0.39, 0.29) is 0 Å². The minimum atomic E-state index is -3.71. The first kappa shape index (κ1) is 22.0. The molecule has 2 aromatic carbocycles. The normalized spacial score (nSPS) is 18.8. The van der Waals surface area contributed by atoms with Crippen LogP contribution in [-0.2, 0) is 22.9 Å². The Kier molecular flexibility index (Phi) is 5.49. The van der Waals surface area contributed by atoms with Crippen LogP contribution in [0.15, 0.2) is 42.5 Å². The maximum atomic E-state index is 12.9. The van der Waals surface area contributed by atoms with Crippen LogP contribution in [0.2, 0.25) is 0 Å². The van der Waals surface area contributed by atoms with E-state index in [1.54, 1.807) is 30.4 Å². The zero-order valence-electron chi connectivity index (χ0n) is 18.5. The first-order valence-corrected chi connectivity index (χ1v) is 13.2. The Morgan fingerprint density at radius 2 is 2.00 bits per heavy atom. The van der Waals surface area contributed by atoms with Crippen molar-refractivity contribution in [3.63, 3.8) is 0 Å². The van der Waals surface area contributed by atoms with E-state index >= 15 is 0 Å². The van der Waals surface area contributed by atoms with Gasteiger partial charge in [-0.1, -0.05) is 30.3 Å².